The number of aromatic nitrogens is 1. The summed E-state index contributed by atoms with van der Waals surface area (Å²) >= 11 is 1.43. The number of anilines is 1. The molecule has 2 aromatic rings. The number of amides is 3. The van der Waals surface area contributed by atoms with Crippen LogP contribution in [0.1, 0.15) is 47.3 Å². The van der Waals surface area contributed by atoms with E-state index in [-0.39, 0.29) is 29.6 Å². The van der Waals surface area contributed by atoms with E-state index in [1.807, 2.05) is 53.3 Å². The number of rotatable bonds is 4. The van der Waals surface area contributed by atoms with E-state index in [4.69, 9.17) is 0 Å². The average molecular weight is 455 g/mol. The number of hydrogen-bond donors (Lipinski definition) is 1. The summed E-state index contributed by atoms with van der Waals surface area (Å²) in [5, 5.41) is 5.44. The highest BCUT2D eigenvalue weighted by molar-refractivity contribution is 7.13. The summed E-state index contributed by atoms with van der Waals surface area (Å²) in [4.78, 5) is 46.5. The monoisotopic (exact) mass is 454 g/mol. The first-order valence-electron chi connectivity index (χ1n) is 11.3. The first-order chi connectivity index (χ1) is 15.4. The van der Waals surface area contributed by atoms with Gasteiger partial charge in [0.05, 0.1) is 11.6 Å². The minimum Gasteiger partial charge on any atom is -0.342 e. The predicted molar refractivity (Wildman–Crippen MR) is 125 cm³/mol. The van der Waals surface area contributed by atoms with Crippen molar-refractivity contribution in [2.24, 2.45) is 11.8 Å². The van der Waals surface area contributed by atoms with E-state index in [0.717, 1.165) is 24.1 Å². The molecule has 0 spiro atoms. The molecule has 1 aromatic carbocycles. The van der Waals surface area contributed by atoms with E-state index < -0.39 is 0 Å². The summed E-state index contributed by atoms with van der Waals surface area (Å²) in [7, 11) is 0. The van der Waals surface area contributed by atoms with Gasteiger partial charge < -0.3 is 15.1 Å². The lowest BCUT2D eigenvalue weighted by atomic mass is 9.92. The zero-order valence-corrected chi connectivity index (χ0v) is 19.5. The second kappa shape index (κ2) is 9.81. The number of likely N-dealkylation sites (tertiary alicyclic amines) is 2. The molecule has 1 aromatic heterocycles. The molecule has 0 radical (unpaired) electrons. The minimum atomic E-state index is -0.165. The van der Waals surface area contributed by atoms with Crippen LogP contribution in [-0.2, 0) is 9.59 Å². The van der Waals surface area contributed by atoms with Gasteiger partial charge in [-0.05, 0) is 51.7 Å². The third-order valence-corrected chi connectivity index (χ3v) is 7.26. The molecule has 3 heterocycles. The maximum absolute atomic E-state index is 13.2. The fraction of sp³-hybridized carbons (Fsp3) is 0.500. The number of piperidine rings is 2. The van der Waals surface area contributed by atoms with E-state index in [0.29, 0.717) is 49.7 Å². The molecular weight excluding hydrogens is 424 g/mol. The number of hydrogen-bond acceptors (Lipinski definition) is 5. The average Bonchev–Trinajstić information content (AvgIpc) is 3.23. The van der Waals surface area contributed by atoms with Crippen LogP contribution in [0.25, 0.3) is 0 Å². The Morgan fingerprint density at radius 3 is 2.34 bits per heavy atom. The van der Waals surface area contributed by atoms with E-state index in [9.17, 15) is 14.4 Å². The van der Waals surface area contributed by atoms with Crippen molar-refractivity contribution in [1.29, 1.82) is 0 Å². The second-order valence-corrected chi connectivity index (χ2v) is 9.70. The molecule has 2 fully saturated rings. The van der Waals surface area contributed by atoms with Gasteiger partial charge in [-0.3, -0.25) is 14.4 Å². The zero-order valence-electron chi connectivity index (χ0n) is 18.7. The zero-order chi connectivity index (χ0) is 22.7. The van der Waals surface area contributed by atoms with Gasteiger partial charge in [-0.1, -0.05) is 17.7 Å². The summed E-state index contributed by atoms with van der Waals surface area (Å²) < 4.78 is 0. The van der Waals surface area contributed by atoms with Crippen LogP contribution in [0, 0.1) is 25.7 Å². The fourth-order valence-corrected chi connectivity index (χ4v) is 5.17. The predicted octanol–water partition coefficient (Wildman–Crippen LogP) is 3.49. The number of nitrogens with zero attached hydrogens (tertiary/aromatic N) is 3. The van der Waals surface area contributed by atoms with Crippen LogP contribution in [0.4, 0.5) is 5.13 Å². The molecule has 32 heavy (non-hydrogen) atoms. The molecule has 1 unspecified atom stereocenters. The number of benzene rings is 1. The SMILES string of the molecule is Cc1ccc(C(=O)N2CCCC(C(=O)N3CCC(C(=O)Nc4nc(C)cs4)CC3)C2)cc1. The molecular formula is C24H30N4O3S. The third-order valence-electron chi connectivity index (χ3n) is 6.38. The van der Waals surface area contributed by atoms with Crippen molar-refractivity contribution in [3.05, 3.63) is 46.5 Å². The van der Waals surface area contributed by atoms with E-state index in [2.05, 4.69) is 10.3 Å². The lowest BCUT2D eigenvalue weighted by molar-refractivity contribution is -0.139. The van der Waals surface area contributed by atoms with Crippen molar-refractivity contribution in [3.63, 3.8) is 0 Å². The minimum absolute atomic E-state index is 0.00435. The molecule has 2 aliphatic heterocycles. The summed E-state index contributed by atoms with van der Waals surface area (Å²) in [6, 6.07) is 7.59. The van der Waals surface area contributed by atoms with Crippen LogP contribution in [0.15, 0.2) is 29.6 Å². The van der Waals surface area contributed by atoms with Gasteiger partial charge in [0.25, 0.3) is 5.91 Å². The van der Waals surface area contributed by atoms with E-state index >= 15 is 0 Å². The van der Waals surface area contributed by atoms with Crippen LogP contribution >= 0.6 is 11.3 Å². The Kier molecular flexibility index (Phi) is 6.89. The Labute approximate surface area is 192 Å². The molecule has 1 N–H and O–H groups in total. The fourth-order valence-electron chi connectivity index (χ4n) is 4.48. The first kappa shape index (κ1) is 22.5. The van der Waals surface area contributed by atoms with Crippen molar-refractivity contribution in [2.45, 2.75) is 39.5 Å². The number of carbonyl (C=O) groups excluding carboxylic acids is 3. The van der Waals surface area contributed by atoms with Gasteiger partial charge in [0.2, 0.25) is 11.8 Å². The molecule has 2 saturated heterocycles. The van der Waals surface area contributed by atoms with Crippen molar-refractivity contribution < 1.29 is 14.4 Å². The summed E-state index contributed by atoms with van der Waals surface area (Å²) in [6.07, 6.45) is 2.95. The lowest BCUT2D eigenvalue weighted by Gasteiger charge is -2.37. The van der Waals surface area contributed by atoms with Crippen LogP contribution in [0.2, 0.25) is 0 Å². The van der Waals surface area contributed by atoms with Crippen LogP contribution in [-0.4, -0.2) is 58.7 Å². The maximum atomic E-state index is 13.2. The van der Waals surface area contributed by atoms with E-state index in [1.54, 1.807) is 0 Å². The van der Waals surface area contributed by atoms with Crippen LogP contribution in [0.3, 0.4) is 0 Å². The Morgan fingerprint density at radius 2 is 1.69 bits per heavy atom. The standard InChI is InChI=1S/C24H30N4O3S/c1-16-5-7-19(8-6-16)22(30)28-11-3-4-20(14-28)23(31)27-12-9-18(10-13-27)21(29)26-24-25-17(2)15-32-24/h5-8,15,18,20H,3-4,9-14H2,1-2H3,(H,25,26,29). The highest BCUT2D eigenvalue weighted by Gasteiger charge is 2.34. The van der Waals surface area contributed by atoms with Crippen LogP contribution in [0.5, 0.6) is 0 Å². The van der Waals surface area contributed by atoms with Gasteiger partial charge in [0.1, 0.15) is 0 Å². The molecule has 1 atom stereocenters. The molecule has 0 bridgehead atoms. The van der Waals surface area contributed by atoms with Crippen molar-refractivity contribution >= 4 is 34.2 Å². The van der Waals surface area contributed by atoms with Gasteiger partial charge >= 0.3 is 0 Å². The number of aryl methyl sites for hydroxylation is 2. The first-order valence-corrected chi connectivity index (χ1v) is 12.2. The Hall–Kier alpha value is -2.74. The largest absolute Gasteiger partial charge is 0.342 e. The Balaban J connectivity index is 1.29. The number of nitrogens with one attached hydrogen (secondary N) is 1. The molecule has 8 heteroatoms. The van der Waals surface area contributed by atoms with Crippen molar-refractivity contribution in [3.8, 4) is 0 Å². The summed E-state index contributed by atoms with van der Waals surface area (Å²) in [6.45, 7) is 6.21. The Morgan fingerprint density at radius 1 is 0.969 bits per heavy atom. The number of carbonyl (C=O) groups is 3. The maximum Gasteiger partial charge on any atom is 0.253 e. The molecule has 2 aliphatic rings. The van der Waals surface area contributed by atoms with Crippen molar-refractivity contribution in [1.82, 2.24) is 14.8 Å². The lowest BCUT2D eigenvalue weighted by Crippen LogP contribution is -2.49. The quantitative estimate of drug-likeness (QED) is 0.767. The van der Waals surface area contributed by atoms with Gasteiger partial charge in [-0.25, -0.2) is 4.98 Å². The molecule has 3 amide bonds. The molecule has 170 valence electrons. The summed E-state index contributed by atoms with van der Waals surface area (Å²) in [5.74, 6) is -0.175. The Bertz CT molecular complexity index is 979. The summed E-state index contributed by atoms with van der Waals surface area (Å²) in [5.41, 5.74) is 2.69. The second-order valence-electron chi connectivity index (χ2n) is 8.84. The highest BCUT2D eigenvalue weighted by atomic mass is 32.1. The topological polar surface area (TPSA) is 82.6 Å². The van der Waals surface area contributed by atoms with Crippen molar-refractivity contribution in [2.75, 3.05) is 31.5 Å². The van der Waals surface area contributed by atoms with Crippen LogP contribution < -0.4 is 5.32 Å². The number of thiazole rings is 1. The molecule has 0 saturated carbocycles. The van der Waals surface area contributed by atoms with E-state index in [1.165, 1.54) is 11.3 Å². The molecule has 4 rings (SSSR count). The highest BCUT2D eigenvalue weighted by Crippen LogP contribution is 2.25. The third kappa shape index (κ3) is 5.18. The normalized spacial score (nSPS) is 19.6. The molecule has 0 aliphatic carbocycles. The van der Waals surface area contributed by atoms with Gasteiger partial charge in [0.15, 0.2) is 5.13 Å². The van der Waals surface area contributed by atoms with Gasteiger partial charge in [0, 0.05) is 43.0 Å². The smallest absolute Gasteiger partial charge is 0.253 e. The van der Waals surface area contributed by atoms with Gasteiger partial charge in [-0.2, -0.15) is 0 Å². The molecule has 7 nitrogen and oxygen atoms in total. The van der Waals surface area contributed by atoms with Gasteiger partial charge in [-0.15, -0.1) is 11.3 Å².